The summed E-state index contributed by atoms with van der Waals surface area (Å²) in [7, 11) is -4.11. The maximum Gasteiger partial charge on any atom is 0.332 e. The first-order valence-corrected chi connectivity index (χ1v) is 9.51. The molecule has 138 valence electrons. The van der Waals surface area contributed by atoms with Crippen LogP contribution in [0.5, 0.6) is 0 Å². The fourth-order valence-electron chi connectivity index (χ4n) is 2.56. The molecular weight excluding hydrogens is 349 g/mol. The first-order chi connectivity index (χ1) is 11.5. The Morgan fingerprint density at radius 2 is 1.72 bits per heavy atom. The van der Waals surface area contributed by atoms with Crippen molar-refractivity contribution in [3.63, 3.8) is 0 Å². The summed E-state index contributed by atoms with van der Waals surface area (Å²) in [6, 6.07) is 1.66. The second kappa shape index (κ2) is 6.99. The zero-order valence-electron chi connectivity index (χ0n) is 14.5. The van der Waals surface area contributed by atoms with Crippen molar-refractivity contribution in [1.82, 2.24) is 10.0 Å². The zero-order valence-corrected chi connectivity index (χ0v) is 15.3. The van der Waals surface area contributed by atoms with Crippen LogP contribution < -0.4 is 15.4 Å². The molecule has 3 N–H and O–H groups in total. The molecule has 1 atom stereocenters. The van der Waals surface area contributed by atoms with Gasteiger partial charge in [0.25, 0.3) is 0 Å². The van der Waals surface area contributed by atoms with E-state index >= 15 is 0 Å². The lowest BCUT2D eigenvalue weighted by Crippen LogP contribution is -2.60. The minimum absolute atomic E-state index is 0.0352. The van der Waals surface area contributed by atoms with Crippen LogP contribution in [0.4, 0.5) is 14.9 Å². The highest BCUT2D eigenvalue weighted by Crippen LogP contribution is 2.33. The van der Waals surface area contributed by atoms with Crippen molar-refractivity contribution in [2.24, 2.45) is 0 Å². The number of sulfonamides is 1. The Morgan fingerprint density at radius 1 is 1.20 bits per heavy atom. The monoisotopic (exact) mass is 371 g/mol. The zero-order chi connectivity index (χ0) is 18.9. The third-order valence-electron chi connectivity index (χ3n) is 4.01. The lowest BCUT2D eigenvalue weighted by atomic mass is 9.92. The Hall–Kier alpha value is -2.16. The van der Waals surface area contributed by atoms with Gasteiger partial charge in [-0.1, -0.05) is 27.7 Å². The van der Waals surface area contributed by atoms with Crippen molar-refractivity contribution in [3.8, 4) is 0 Å². The minimum atomic E-state index is -4.11. The van der Waals surface area contributed by atoms with Crippen LogP contribution in [0.1, 0.15) is 50.7 Å². The molecule has 0 saturated carbocycles. The number of benzene rings is 1. The number of halogens is 1. The topological polar surface area (TPSA) is 104 Å². The average molecular weight is 371 g/mol. The van der Waals surface area contributed by atoms with Gasteiger partial charge in [0.2, 0.25) is 15.9 Å². The van der Waals surface area contributed by atoms with Gasteiger partial charge in [-0.15, -0.1) is 0 Å². The molecule has 1 aromatic carbocycles. The van der Waals surface area contributed by atoms with Gasteiger partial charge in [0.1, 0.15) is 5.82 Å². The summed E-state index contributed by atoms with van der Waals surface area (Å²) in [5.41, 5.74) is 1.52. The van der Waals surface area contributed by atoms with E-state index in [2.05, 4.69) is 10.6 Å². The molecule has 1 aliphatic heterocycles. The summed E-state index contributed by atoms with van der Waals surface area (Å²) in [4.78, 5) is 23.4. The number of hydrogen-bond acceptors (Lipinski definition) is 4. The van der Waals surface area contributed by atoms with Crippen LogP contribution in [0.15, 0.2) is 12.1 Å². The van der Waals surface area contributed by atoms with Crippen LogP contribution in [0.3, 0.4) is 0 Å². The number of anilines is 1. The third-order valence-corrected chi connectivity index (χ3v) is 5.61. The van der Waals surface area contributed by atoms with Gasteiger partial charge in [0.05, 0.1) is 0 Å². The van der Waals surface area contributed by atoms with Crippen LogP contribution in [0, 0.1) is 5.82 Å². The van der Waals surface area contributed by atoms with E-state index < -0.39 is 33.0 Å². The molecule has 0 spiro atoms. The molecule has 0 aliphatic carbocycles. The summed E-state index contributed by atoms with van der Waals surface area (Å²) in [5.74, 6) is -1.24. The summed E-state index contributed by atoms with van der Waals surface area (Å²) < 4.78 is 39.8. The summed E-state index contributed by atoms with van der Waals surface area (Å²) in [6.07, 6.45) is 0. The molecule has 0 radical (unpaired) electrons. The number of carbonyl (C=O) groups is 2. The molecule has 1 unspecified atom stereocenters. The van der Waals surface area contributed by atoms with Crippen molar-refractivity contribution in [1.29, 1.82) is 0 Å². The quantitative estimate of drug-likeness (QED) is 0.689. The number of β-lactam (4-membered cyclic amide) rings is 1. The van der Waals surface area contributed by atoms with E-state index in [1.807, 2.05) is 32.4 Å². The largest absolute Gasteiger partial charge is 0.353 e. The highest BCUT2D eigenvalue weighted by molar-refractivity contribution is 7.91. The molecule has 1 fully saturated rings. The van der Waals surface area contributed by atoms with Gasteiger partial charge in [0, 0.05) is 12.2 Å². The van der Waals surface area contributed by atoms with Gasteiger partial charge in [-0.3, -0.25) is 4.79 Å². The molecule has 1 saturated heterocycles. The molecule has 7 nitrogen and oxygen atoms in total. The van der Waals surface area contributed by atoms with E-state index in [-0.39, 0.29) is 18.4 Å². The fraction of sp³-hybridized carbons (Fsp3) is 0.500. The molecule has 3 amide bonds. The maximum atomic E-state index is 13.9. The Balaban J connectivity index is 2.29. The maximum absolute atomic E-state index is 13.9. The second-order valence-corrected chi connectivity index (χ2v) is 8.47. The van der Waals surface area contributed by atoms with Gasteiger partial charge in [-0.05, 0) is 35.1 Å². The van der Waals surface area contributed by atoms with E-state index in [4.69, 9.17) is 0 Å². The van der Waals surface area contributed by atoms with Gasteiger partial charge in [-0.2, -0.15) is 0 Å². The van der Waals surface area contributed by atoms with E-state index in [9.17, 15) is 22.4 Å². The first kappa shape index (κ1) is 19.2. The van der Waals surface area contributed by atoms with Crippen LogP contribution in [-0.4, -0.2) is 32.2 Å². The molecule has 25 heavy (non-hydrogen) atoms. The molecule has 0 aromatic heterocycles. The predicted molar refractivity (Wildman–Crippen MR) is 92.4 cm³/mol. The molecule has 0 bridgehead atoms. The van der Waals surface area contributed by atoms with E-state index in [0.717, 1.165) is 0 Å². The number of amides is 3. The second-order valence-electron chi connectivity index (χ2n) is 6.60. The average Bonchev–Trinajstić information content (AvgIpc) is 2.45. The van der Waals surface area contributed by atoms with Gasteiger partial charge < -0.3 is 10.6 Å². The van der Waals surface area contributed by atoms with Crippen molar-refractivity contribution in [2.75, 3.05) is 11.9 Å². The van der Waals surface area contributed by atoms with Crippen LogP contribution in [-0.2, 0) is 14.8 Å². The number of rotatable bonds is 5. The summed E-state index contributed by atoms with van der Waals surface area (Å²) in [6.45, 7) is 7.34. The van der Waals surface area contributed by atoms with Gasteiger partial charge >= 0.3 is 6.03 Å². The number of urea groups is 1. The van der Waals surface area contributed by atoms with Crippen molar-refractivity contribution >= 4 is 27.6 Å². The fourth-order valence-corrected chi connectivity index (χ4v) is 3.68. The normalized spacial score (nSPS) is 17.2. The standard InChI is InChI=1S/C16H22FN3O4S/c1-8(2)11-5-10(17)6-12(9(3)4)14(11)19-16(22)20-25(23,24)13-7-18-15(13)21/h5-6,8-9,13H,7H2,1-4H3,(H,18,21)(H2,19,20,22). The highest BCUT2D eigenvalue weighted by Gasteiger charge is 2.40. The summed E-state index contributed by atoms with van der Waals surface area (Å²) in [5, 5.41) is 3.55. The number of carbonyl (C=O) groups excluding carboxylic acids is 2. The Morgan fingerprint density at radius 3 is 2.08 bits per heavy atom. The third kappa shape index (κ3) is 4.09. The molecule has 2 rings (SSSR count). The molecule has 1 heterocycles. The van der Waals surface area contributed by atoms with Gasteiger partial charge in [0.15, 0.2) is 5.25 Å². The Labute approximate surface area is 146 Å². The Bertz CT molecular complexity index is 777. The predicted octanol–water partition coefficient (Wildman–Crippen LogP) is 2.02. The number of nitrogens with one attached hydrogen (secondary N) is 3. The number of hydrogen-bond donors (Lipinski definition) is 3. The van der Waals surface area contributed by atoms with E-state index in [1.54, 1.807) is 0 Å². The van der Waals surface area contributed by atoms with E-state index in [0.29, 0.717) is 16.8 Å². The van der Waals surface area contributed by atoms with Crippen LogP contribution in [0.2, 0.25) is 0 Å². The van der Waals surface area contributed by atoms with Crippen LogP contribution in [0.25, 0.3) is 0 Å². The van der Waals surface area contributed by atoms with Crippen molar-refractivity contribution < 1.29 is 22.4 Å². The van der Waals surface area contributed by atoms with E-state index in [1.165, 1.54) is 12.1 Å². The highest BCUT2D eigenvalue weighted by atomic mass is 32.2. The first-order valence-electron chi connectivity index (χ1n) is 7.96. The van der Waals surface area contributed by atoms with Gasteiger partial charge in [-0.25, -0.2) is 22.3 Å². The smallest absolute Gasteiger partial charge is 0.332 e. The van der Waals surface area contributed by atoms with Crippen molar-refractivity contribution in [2.45, 2.75) is 44.8 Å². The molecular formula is C16H22FN3O4S. The lowest BCUT2D eigenvalue weighted by Gasteiger charge is -2.26. The molecule has 9 heteroatoms. The molecule has 1 aromatic rings. The SMILES string of the molecule is CC(C)c1cc(F)cc(C(C)C)c1NC(=O)NS(=O)(=O)C1CNC1=O. The Kier molecular flexibility index (Phi) is 5.36. The molecule has 1 aliphatic rings. The lowest BCUT2D eigenvalue weighted by molar-refractivity contribution is -0.124. The minimum Gasteiger partial charge on any atom is -0.353 e. The summed E-state index contributed by atoms with van der Waals surface area (Å²) >= 11 is 0. The van der Waals surface area contributed by atoms with Crippen LogP contribution >= 0.6 is 0 Å². The van der Waals surface area contributed by atoms with Crippen molar-refractivity contribution in [3.05, 3.63) is 29.1 Å².